The molecule has 0 saturated heterocycles. The maximum atomic E-state index is 5.42. The van der Waals surface area contributed by atoms with Gasteiger partial charge >= 0.3 is 0 Å². The van der Waals surface area contributed by atoms with Crippen molar-refractivity contribution in [3.05, 3.63) is 0 Å². The molecule has 14 heavy (non-hydrogen) atoms. The fourth-order valence-corrected chi connectivity index (χ4v) is 2.95. The van der Waals surface area contributed by atoms with Crippen LogP contribution in [0.25, 0.3) is 0 Å². The van der Waals surface area contributed by atoms with E-state index in [1.807, 2.05) is 0 Å². The highest BCUT2D eigenvalue weighted by Crippen LogP contribution is 2.55. The second kappa shape index (κ2) is 4.36. The fraction of sp³-hybridized carbons (Fsp3) is 0.846. The molecule has 0 aliphatic heterocycles. The van der Waals surface area contributed by atoms with Gasteiger partial charge in [-0.1, -0.05) is 6.92 Å². The van der Waals surface area contributed by atoms with E-state index in [1.165, 1.54) is 25.7 Å². The Morgan fingerprint density at radius 3 is 2.64 bits per heavy atom. The number of hydrogen-bond acceptors (Lipinski definition) is 1. The molecule has 0 amide bonds. The Kier molecular flexibility index (Phi) is 3.13. The highest BCUT2D eigenvalue weighted by molar-refractivity contribution is 5.02. The predicted molar refractivity (Wildman–Crippen MR) is 59.9 cm³/mol. The second-order valence-corrected chi connectivity index (χ2v) is 4.96. The summed E-state index contributed by atoms with van der Waals surface area (Å²) in [4.78, 5) is 0. The maximum Gasteiger partial charge on any atom is 0.0243 e. The highest BCUT2D eigenvalue weighted by atomic mass is 14.9. The van der Waals surface area contributed by atoms with Gasteiger partial charge in [-0.15, -0.1) is 12.3 Å². The van der Waals surface area contributed by atoms with Gasteiger partial charge in [0.15, 0.2) is 0 Å². The molecule has 0 aromatic carbocycles. The summed E-state index contributed by atoms with van der Waals surface area (Å²) in [5, 5.41) is 3.61. The van der Waals surface area contributed by atoms with E-state index in [0.29, 0.717) is 6.04 Å². The third kappa shape index (κ3) is 2.12. The average Bonchev–Trinajstić information content (AvgIpc) is 2.81. The van der Waals surface area contributed by atoms with E-state index in [1.54, 1.807) is 0 Å². The zero-order chi connectivity index (χ0) is 9.97. The van der Waals surface area contributed by atoms with E-state index < -0.39 is 0 Å². The SMILES string of the molecule is C#CCC(NCCC)C1CC2CC2C1. The number of nitrogens with one attached hydrogen (secondary N) is 1. The summed E-state index contributed by atoms with van der Waals surface area (Å²) in [6, 6.07) is 0.604. The van der Waals surface area contributed by atoms with E-state index in [-0.39, 0.29) is 0 Å². The van der Waals surface area contributed by atoms with E-state index in [0.717, 1.165) is 30.7 Å². The van der Waals surface area contributed by atoms with Crippen LogP contribution in [0.15, 0.2) is 0 Å². The molecule has 0 heterocycles. The number of rotatable bonds is 5. The Morgan fingerprint density at radius 2 is 2.07 bits per heavy atom. The summed E-state index contributed by atoms with van der Waals surface area (Å²) in [7, 11) is 0. The van der Waals surface area contributed by atoms with Gasteiger partial charge in [0, 0.05) is 12.5 Å². The molecular weight excluding hydrogens is 170 g/mol. The second-order valence-electron chi connectivity index (χ2n) is 4.96. The topological polar surface area (TPSA) is 12.0 Å². The summed E-state index contributed by atoms with van der Waals surface area (Å²) in [6.07, 6.45) is 11.9. The Bertz CT molecular complexity index is 218. The molecule has 2 aliphatic carbocycles. The lowest BCUT2D eigenvalue weighted by Gasteiger charge is -2.24. The first-order valence-electron chi connectivity index (χ1n) is 6.02. The minimum absolute atomic E-state index is 0.604. The molecule has 0 bridgehead atoms. The highest BCUT2D eigenvalue weighted by Gasteiger charge is 2.47. The molecule has 78 valence electrons. The average molecular weight is 191 g/mol. The van der Waals surface area contributed by atoms with Crippen LogP contribution in [0, 0.1) is 30.1 Å². The van der Waals surface area contributed by atoms with Crippen LogP contribution in [0.5, 0.6) is 0 Å². The molecule has 0 radical (unpaired) electrons. The van der Waals surface area contributed by atoms with Gasteiger partial charge in [0.2, 0.25) is 0 Å². The molecule has 0 spiro atoms. The van der Waals surface area contributed by atoms with E-state index >= 15 is 0 Å². The fourth-order valence-electron chi connectivity index (χ4n) is 2.95. The Labute approximate surface area is 87.7 Å². The third-order valence-corrected chi connectivity index (χ3v) is 3.84. The lowest BCUT2D eigenvalue weighted by molar-refractivity contribution is 0.339. The number of hydrogen-bond donors (Lipinski definition) is 1. The molecule has 2 fully saturated rings. The molecule has 1 nitrogen and oxygen atoms in total. The summed E-state index contributed by atoms with van der Waals surface area (Å²) in [5.74, 6) is 5.84. The van der Waals surface area contributed by atoms with Gasteiger partial charge in [0.1, 0.15) is 0 Å². The van der Waals surface area contributed by atoms with Crippen LogP contribution >= 0.6 is 0 Å². The van der Waals surface area contributed by atoms with Crippen molar-refractivity contribution in [3.63, 3.8) is 0 Å². The van der Waals surface area contributed by atoms with E-state index in [9.17, 15) is 0 Å². The number of terminal acetylenes is 1. The van der Waals surface area contributed by atoms with Crippen LogP contribution in [0.3, 0.4) is 0 Å². The number of fused-ring (bicyclic) bond motifs is 1. The molecule has 0 aromatic heterocycles. The van der Waals surface area contributed by atoms with Crippen molar-refractivity contribution < 1.29 is 0 Å². The summed E-state index contributed by atoms with van der Waals surface area (Å²) in [6.45, 7) is 3.34. The lowest BCUT2D eigenvalue weighted by Crippen LogP contribution is -2.35. The van der Waals surface area contributed by atoms with Gasteiger partial charge in [0.25, 0.3) is 0 Å². The van der Waals surface area contributed by atoms with E-state index in [4.69, 9.17) is 6.42 Å². The van der Waals surface area contributed by atoms with Crippen molar-refractivity contribution >= 4 is 0 Å². The van der Waals surface area contributed by atoms with Crippen LogP contribution in [-0.2, 0) is 0 Å². The van der Waals surface area contributed by atoms with E-state index in [2.05, 4.69) is 18.2 Å². The first kappa shape index (κ1) is 10.1. The van der Waals surface area contributed by atoms with Crippen molar-refractivity contribution in [1.29, 1.82) is 0 Å². The monoisotopic (exact) mass is 191 g/mol. The first-order valence-corrected chi connectivity index (χ1v) is 6.02. The molecule has 0 aromatic rings. The van der Waals surface area contributed by atoms with Crippen molar-refractivity contribution in [2.45, 2.75) is 45.1 Å². The molecule has 1 heteroatoms. The van der Waals surface area contributed by atoms with Gasteiger partial charge in [-0.3, -0.25) is 0 Å². The molecule has 2 rings (SSSR count). The van der Waals surface area contributed by atoms with Gasteiger partial charge in [-0.2, -0.15) is 0 Å². The van der Waals surface area contributed by atoms with Gasteiger partial charge in [0.05, 0.1) is 0 Å². The molecular formula is C13H21N. The van der Waals surface area contributed by atoms with Crippen molar-refractivity contribution in [3.8, 4) is 12.3 Å². The van der Waals surface area contributed by atoms with Gasteiger partial charge in [-0.25, -0.2) is 0 Å². The summed E-state index contributed by atoms with van der Waals surface area (Å²) in [5.41, 5.74) is 0. The molecule has 1 N–H and O–H groups in total. The molecule has 3 unspecified atom stereocenters. The normalized spacial score (nSPS) is 36.1. The Morgan fingerprint density at radius 1 is 1.36 bits per heavy atom. The minimum atomic E-state index is 0.604. The predicted octanol–water partition coefficient (Wildman–Crippen LogP) is 2.42. The van der Waals surface area contributed by atoms with Gasteiger partial charge < -0.3 is 5.32 Å². The lowest BCUT2D eigenvalue weighted by atomic mass is 9.92. The molecule has 2 saturated carbocycles. The summed E-state index contributed by atoms with van der Waals surface area (Å²) >= 11 is 0. The maximum absolute atomic E-state index is 5.42. The minimum Gasteiger partial charge on any atom is -0.313 e. The van der Waals surface area contributed by atoms with Crippen LogP contribution in [-0.4, -0.2) is 12.6 Å². The van der Waals surface area contributed by atoms with Crippen molar-refractivity contribution in [1.82, 2.24) is 5.32 Å². The van der Waals surface area contributed by atoms with Crippen LogP contribution < -0.4 is 5.32 Å². The first-order chi connectivity index (χ1) is 6.85. The Balaban J connectivity index is 1.80. The molecule has 3 atom stereocenters. The van der Waals surface area contributed by atoms with Crippen LogP contribution in [0.1, 0.15) is 39.0 Å². The summed E-state index contributed by atoms with van der Waals surface area (Å²) < 4.78 is 0. The molecule has 2 aliphatic rings. The smallest absolute Gasteiger partial charge is 0.0243 e. The standard InChI is InChI=1S/C13H21N/c1-3-5-13(14-6-4-2)12-8-10-7-11(10)9-12/h1,10-14H,4-9H2,2H3. The Hall–Kier alpha value is -0.480. The van der Waals surface area contributed by atoms with Crippen LogP contribution in [0.4, 0.5) is 0 Å². The largest absolute Gasteiger partial charge is 0.313 e. The van der Waals surface area contributed by atoms with Crippen LogP contribution in [0.2, 0.25) is 0 Å². The third-order valence-electron chi connectivity index (χ3n) is 3.84. The van der Waals surface area contributed by atoms with Crippen molar-refractivity contribution in [2.75, 3.05) is 6.54 Å². The van der Waals surface area contributed by atoms with Gasteiger partial charge in [-0.05, 0) is 50.0 Å². The van der Waals surface area contributed by atoms with Crippen molar-refractivity contribution in [2.24, 2.45) is 17.8 Å². The zero-order valence-corrected chi connectivity index (χ0v) is 9.13. The zero-order valence-electron chi connectivity index (χ0n) is 9.13. The quantitative estimate of drug-likeness (QED) is 0.658.